The van der Waals surface area contributed by atoms with Crippen LogP contribution in [0.1, 0.15) is 58.3 Å². The lowest BCUT2D eigenvalue weighted by Gasteiger charge is -2.07. The Morgan fingerprint density at radius 2 is 1.71 bits per heavy atom. The third kappa shape index (κ3) is 6.97. The summed E-state index contributed by atoms with van der Waals surface area (Å²) in [6.07, 6.45) is 9.74. The van der Waals surface area contributed by atoms with Gasteiger partial charge in [0, 0.05) is 6.07 Å². The largest absolute Gasteiger partial charge is 0.504 e. The Kier molecular flexibility index (Phi) is 8.24. The first-order chi connectivity index (χ1) is 10.1. The maximum Gasteiger partial charge on any atom is 0.273 e. The number of aromatic hydroxyl groups is 1. The molecule has 0 fully saturated rings. The van der Waals surface area contributed by atoms with E-state index < -0.39 is 4.92 Å². The zero-order chi connectivity index (χ0) is 15.5. The van der Waals surface area contributed by atoms with Crippen molar-refractivity contribution in [3.05, 3.63) is 28.3 Å². The molecule has 1 rings (SSSR count). The molecule has 0 atom stereocenters. The number of nitrogens with zero attached hydrogens (tertiary/aromatic N) is 1. The predicted molar refractivity (Wildman–Crippen MR) is 82.9 cm³/mol. The molecule has 0 bridgehead atoms. The second-order valence-electron chi connectivity index (χ2n) is 5.23. The van der Waals surface area contributed by atoms with E-state index in [1.807, 2.05) is 0 Å². The molecule has 0 unspecified atom stereocenters. The van der Waals surface area contributed by atoms with Crippen molar-refractivity contribution >= 4 is 5.69 Å². The lowest BCUT2D eigenvalue weighted by atomic mass is 10.1. The van der Waals surface area contributed by atoms with Crippen LogP contribution in [0.5, 0.6) is 11.5 Å². The highest BCUT2D eigenvalue weighted by Gasteiger charge is 2.10. The molecule has 0 saturated carbocycles. The molecule has 0 saturated heterocycles. The molecule has 1 aromatic rings. The Balaban J connectivity index is 2.14. The Hall–Kier alpha value is -1.78. The van der Waals surface area contributed by atoms with Gasteiger partial charge < -0.3 is 9.84 Å². The highest BCUT2D eigenvalue weighted by atomic mass is 16.6. The first-order valence-electron chi connectivity index (χ1n) is 7.75. The lowest BCUT2D eigenvalue weighted by molar-refractivity contribution is -0.385. The van der Waals surface area contributed by atoms with Crippen LogP contribution >= 0.6 is 0 Å². The van der Waals surface area contributed by atoms with Crippen LogP contribution in [0.2, 0.25) is 0 Å². The van der Waals surface area contributed by atoms with Crippen LogP contribution in [-0.4, -0.2) is 16.6 Å². The average Bonchev–Trinajstić information content (AvgIpc) is 2.46. The number of nitro groups is 1. The quantitative estimate of drug-likeness (QED) is 0.361. The molecule has 5 nitrogen and oxygen atoms in total. The lowest BCUT2D eigenvalue weighted by Crippen LogP contribution is -1.98. The number of unbranched alkanes of at least 4 members (excludes halogenated alkanes) is 7. The van der Waals surface area contributed by atoms with Crippen molar-refractivity contribution in [2.24, 2.45) is 0 Å². The fourth-order valence-corrected chi connectivity index (χ4v) is 2.16. The van der Waals surface area contributed by atoms with E-state index in [9.17, 15) is 15.2 Å². The summed E-state index contributed by atoms with van der Waals surface area (Å²) in [5, 5.41) is 20.2. The minimum Gasteiger partial charge on any atom is -0.504 e. The van der Waals surface area contributed by atoms with Crippen molar-refractivity contribution < 1.29 is 14.8 Å². The molecule has 0 radical (unpaired) electrons. The molecule has 0 amide bonds. The molecular formula is C16H25NO4. The van der Waals surface area contributed by atoms with Crippen molar-refractivity contribution in [1.82, 2.24) is 0 Å². The van der Waals surface area contributed by atoms with Crippen molar-refractivity contribution in [3.8, 4) is 11.5 Å². The number of nitro benzene ring substituents is 1. The third-order valence-corrected chi connectivity index (χ3v) is 3.41. The summed E-state index contributed by atoms with van der Waals surface area (Å²) in [5.74, 6) is 0.132. The predicted octanol–water partition coefficient (Wildman–Crippen LogP) is 4.82. The van der Waals surface area contributed by atoms with Gasteiger partial charge in [0.25, 0.3) is 5.69 Å². The number of ether oxygens (including phenoxy) is 1. The molecule has 0 aliphatic carbocycles. The van der Waals surface area contributed by atoms with Gasteiger partial charge in [-0.05, 0) is 12.5 Å². The van der Waals surface area contributed by atoms with E-state index in [2.05, 4.69) is 6.92 Å². The maximum atomic E-state index is 10.5. The van der Waals surface area contributed by atoms with E-state index in [-0.39, 0.29) is 11.4 Å². The van der Waals surface area contributed by atoms with Crippen molar-refractivity contribution in [2.45, 2.75) is 58.3 Å². The molecule has 1 N–H and O–H groups in total. The van der Waals surface area contributed by atoms with Gasteiger partial charge in [-0.25, -0.2) is 0 Å². The van der Waals surface area contributed by atoms with Gasteiger partial charge in [0.15, 0.2) is 11.5 Å². The molecule has 1 aromatic carbocycles. The van der Waals surface area contributed by atoms with Gasteiger partial charge >= 0.3 is 0 Å². The van der Waals surface area contributed by atoms with Crippen LogP contribution in [0.4, 0.5) is 5.69 Å². The Bertz CT molecular complexity index is 434. The minimum absolute atomic E-state index is 0.132. The van der Waals surface area contributed by atoms with E-state index in [0.717, 1.165) is 18.9 Å². The summed E-state index contributed by atoms with van der Waals surface area (Å²) < 4.78 is 5.44. The van der Waals surface area contributed by atoms with E-state index in [0.29, 0.717) is 12.4 Å². The van der Waals surface area contributed by atoms with Crippen LogP contribution < -0.4 is 4.74 Å². The molecule has 0 aliphatic heterocycles. The molecular weight excluding hydrogens is 270 g/mol. The van der Waals surface area contributed by atoms with E-state index in [4.69, 9.17) is 4.74 Å². The number of hydrogen-bond donors (Lipinski definition) is 1. The fraction of sp³-hybridized carbons (Fsp3) is 0.625. The second kappa shape index (κ2) is 10.0. The molecule has 21 heavy (non-hydrogen) atoms. The Labute approximate surface area is 126 Å². The summed E-state index contributed by atoms with van der Waals surface area (Å²) in [7, 11) is 0. The number of phenols is 1. The van der Waals surface area contributed by atoms with E-state index in [1.54, 1.807) is 0 Å². The maximum absolute atomic E-state index is 10.5. The van der Waals surface area contributed by atoms with E-state index >= 15 is 0 Å². The SMILES string of the molecule is CCCCCCCCCCOc1ccc([N+](=O)[O-])cc1O. The fourth-order valence-electron chi connectivity index (χ4n) is 2.16. The summed E-state index contributed by atoms with van der Waals surface area (Å²) in [6, 6.07) is 3.89. The van der Waals surface area contributed by atoms with Gasteiger partial charge in [-0.15, -0.1) is 0 Å². The monoisotopic (exact) mass is 295 g/mol. The summed E-state index contributed by atoms with van der Waals surface area (Å²) in [6.45, 7) is 2.74. The summed E-state index contributed by atoms with van der Waals surface area (Å²) in [4.78, 5) is 10.0. The highest BCUT2D eigenvalue weighted by molar-refractivity contribution is 5.47. The van der Waals surface area contributed by atoms with Gasteiger partial charge in [0.1, 0.15) is 0 Å². The smallest absolute Gasteiger partial charge is 0.273 e. The first kappa shape index (κ1) is 17.3. The Morgan fingerprint density at radius 3 is 2.29 bits per heavy atom. The second-order valence-corrected chi connectivity index (χ2v) is 5.23. The number of rotatable bonds is 11. The molecule has 0 aromatic heterocycles. The van der Waals surface area contributed by atoms with Crippen molar-refractivity contribution in [3.63, 3.8) is 0 Å². The highest BCUT2D eigenvalue weighted by Crippen LogP contribution is 2.30. The van der Waals surface area contributed by atoms with Gasteiger partial charge in [-0.1, -0.05) is 51.9 Å². The number of benzene rings is 1. The van der Waals surface area contributed by atoms with E-state index in [1.165, 1.54) is 50.7 Å². The average molecular weight is 295 g/mol. The zero-order valence-corrected chi connectivity index (χ0v) is 12.7. The number of phenolic OH excluding ortho intramolecular Hbond substituents is 1. The van der Waals surface area contributed by atoms with Crippen LogP contribution in [0, 0.1) is 10.1 Å². The summed E-state index contributed by atoms with van der Waals surface area (Å²) in [5.41, 5.74) is -0.132. The molecule has 0 aliphatic rings. The normalized spacial score (nSPS) is 10.5. The zero-order valence-electron chi connectivity index (χ0n) is 12.7. The molecule has 5 heteroatoms. The molecule has 0 spiro atoms. The van der Waals surface area contributed by atoms with Gasteiger partial charge in [0.2, 0.25) is 0 Å². The minimum atomic E-state index is -0.540. The molecule has 118 valence electrons. The standard InChI is InChI=1S/C16H25NO4/c1-2-3-4-5-6-7-8-9-12-21-16-11-10-14(17(19)20)13-15(16)18/h10-11,13,18H,2-9,12H2,1H3. The van der Waals surface area contributed by atoms with Crippen molar-refractivity contribution in [1.29, 1.82) is 0 Å². The number of hydrogen-bond acceptors (Lipinski definition) is 4. The summed E-state index contributed by atoms with van der Waals surface area (Å²) >= 11 is 0. The van der Waals surface area contributed by atoms with Crippen LogP contribution in [0.15, 0.2) is 18.2 Å². The Morgan fingerprint density at radius 1 is 1.10 bits per heavy atom. The first-order valence-corrected chi connectivity index (χ1v) is 7.75. The topological polar surface area (TPSA) is 72.6 Å². The third-order valence-electron chi connectivity index (χ3n) is 3.41. The molecule has 0 heterocycles. The van der Waals surface area contributed by atoms with Gasteiger partial charge in [-0.2, -0.15) is 0 Å². The van der Waals surface area contributed by atoms with Gasteiger partial charge in [0.05, 0.1) is 17.6 Å². The van der Waals surface area contributed by atoms with Crippen LogP contribution in [0.3, 0.4) is 0 Å². The van der Waals surface area contributed by atoms with Crippen LogP contribution in [0.25, 0.3) is 0 Å². The van der Waals surface area contributed by atoms with Crippen LogP contribution in [-0.2, 0) is 0 Å². The van der Waals surface area contributed by atoms with Gasteiger partial charge in [-0.3, -0.25) is 10.1 Å². The number of non-ortho nitro benzene ring substituents is 1. The van der Waals surface area contributed by atoms with Crippen molar-refractivity contribution in [2.75, 3.05) is 6.61 Å².